The van der Waals surface area contributed by atoms with Crippen molar-refractivity contribution in [3.05, 3.63) is 34.9 Å². The average molecular weight is 465 g/mol. The lowest BCUT2D eigenvalue weighted by molar-refractivity contribution is -0.380. The van der Waals surface area contributed by atoms with E-state index in [9.17, 15) is 17.6 Å². The van der Waals surface area contributed by atoms with Gasteiger partial charge >= 0.3 is 0 Å². The third kappa shape index (κ3) is 8.64. The molecule has 0 N–H and O–H groups in total. The molecule has 3 nitrogen and oxygen atoms in total. The standard InChI is InChI=1S/C25H40F4O3/c1-5-6-7-8-9-13-16-20(25(30-2,31-3)32-4)17-14-11-10-12-15-19-18-21(26)23(28)24(29)22(19)27/h18,20H,5-17H2,1-4H3. The number of halogens is 4. The Morgan fingerprint density at radius 1 is 0.688 bits per heavy atom. The number of unbranched alkanes of at least 4 members (excludes halogenated alkanes) is 8. The van der Waals surface area contributed by atoms with E-state index in [1.54, 1.807) is 21.3 Å². The van der Waals surface area contributed by atoms with Gasteiger partial charge in [-0.05, 0) is 37.3 Å². The van der Waals surface area contributed by atoms with Gasteiger partial charge in [0.2, 0.25) is 0 Å². The Hall–Kier alpha value is -1.18. The fourth-order valence-corrected chi connectivity index (χ4v) is 4.28. The molecule has 1 aromatic rings. The maximum atomic E-state index is 13.8. The first kappa shape index (κ1) is 28.9. The number of benzene rings is 1. The highest BCUT2D eigenvalue weighted by Gasteiger charge is 2.39. The largest absolute Gasteiger partial charge is 0.331 e. The van der Waals surface area contributed by atoms with E-state index in [0.717, 1.165) is 44.6 Å². The second kappa shape index (κ2) is 15.6. The minimum absolute atomic E-state index is 0.0754. The number of methoxy groups -OCH3 is 3. The Balaban J connectivity index is 2.49. The van der Waals surface area contributed by atoms with E-state index in [4.69, 9.17) is 14.2 Å². The van der Waals surface area contributed by atoms with Crippen LogP contribution in [-0.4, -0.2) is 27.3 Å². The summed E-state index contributed by atoms with van der Waals surface area (Å²) in [6.45, 7) is 2.20. The van der Waals surface area contributed by atoms with Gasteiger partial charge in [0.05, 0.1) is 0 Å². The van der Waals surface area contributed by atoms with Crippen molar-refractivity contribution in [3.63, 3.8) is 0 Å². The van der Waals surface area contributed by atoms with Gasteiger partial charge in [0.15, 0.2) is 23.3 Å². The quantitative estimate of drug-likeness (QED) is 0.0732. The molecule has 0 amide bonds. The number of rotatable bonds is 18. The molecule has 0 bridgehead atoms. The summed E-state index contributed by atoms with van der Waals surface area (Å²) in [5, 5.41) is 0. The van der Waals surface area contributed by atoms with Crippen LogP contribution < -0.4 is 0 Å². The third-order valence-electron chi connectivity index (χ3n) is 6.19. The zero-order chi connectivity index (χ0) is 24.0. The van der Waals surface area contributed by atoms with Crippen LogP contribution in [0.25, 0.3) is 0 Å². The maximum absolute atomic E-state index is 13.8. The molecule has 32 heavy (non-hydrogen) atoms. The molecular formula is C25H40F4O3. The first-order valence-electron chi connectivity index (χ1n) is 11.8. The predicted octanol–water partition coefficient (Wildman–Crippen LogP) is 7.70. The van der Waals surface area contributed by atoms with Gasteiger partial charge in [0.1, 0.15) is 0 Å². The van der Waals surface area contributed by atoms with Gasteiger partial charge in [-0.25, -0.2) is 17.6 Å². The van der Waals surface area contributed by atoms with Crippen molar-refractivity contribution in [1.82, 2.24) is 0 Å². The number of hydrogen-bond acceptors (Lipinski definition) is 3. The van der Waals surface area contributed by atoms with Gasteiger partial charge in [0, 0.05) is 27.2 Å². The van der Waals surface area contributed by atoms with Crippen molar-refractivity contribution in [2.45, 2.75) is 96.4 Å². The monoisotopic (exact) mass is 464 g/mol. The molecule has 1 atom stereocenters. The molecule has 1 rings (SSSR count). The lowest BCUT2D eigenvalue weighted by atomic mass is 9.91. The lowest BCUT2D eigenvalue weighted by Gasteiger charge is -2.36. The first-order chi connectivity index (χ1) is 15.4. The van der Waals surface area contributed by atoms with Crippen LogP contribution in [0, 0.1) is 29.2 Å². The Morgan fingerprint density at radius 2 is 1.19 bits per heavy atom. The molecule has 186 valence electrons. The van der Waals surface area contributed by atoms with Crippen molar-refractivity contribution in [2.75, 3.05) is 21.3 Å². The second-order valence-corrected chi connectivity index (χ2v) is 8.38. The summed E-state index contributed by atoms with van der Waals surface area (Å²) in [7, 11) is 4.74. The summed E-state index contributed by atoms with van der Waals surface area (Å²) in [5.41, 5.74) is -0.125. The highest BCUT2D eigenvalue weighted by molar-refractivity contribution is 5.21. The Morgan fingerprint density at radius 3 is 1.72 bits per heavy atom. The molecule has 0 aliphatic rings. The third-order valence-corrected chi connectivity index (χ3v) is 6.19. The Kier molecular flexibility index (Phi) is 14.1. The first-order valence-corrected chi connectivity index (χ1v) is 11.8. The smallest absolute Gasteiger partial charge is 0.285 e. The summed E-state index contributed by atoms with van der Waals surface area (Å²) in [6, 6.07) is 0.744. The molecule has 0 aliphatic heterocycles. The van der Waals surface area contributed by atoms with Crippen LogP contribution in [0.15, 0.2) is 6.07 Å². The van der Waals surface area contributed by atoms with Crippen LogP contribution in [-0.2, 0) is 20.6 Å². The average Bonchev–Trinajstić information content (AvgIpc) is 2.80. The Labute approximate surface area is 190 Å². The van der Waals surface area contributed by atoms with Gasteiger partial charge in [-0.2, -0.15) is 0 Å². The molecule has 1 unspecified atom stereocenters. The Bertz CT molecular complexity index is 642. The van der Waals surface area contributed by atoms with Crippen molar-refractivity contribution in [1.29, 1.82) is 0 Å². The summed E-state index contributed by atoms with van der Waals surface area (Å²) < 4.78 is 70.3. The van der Waals surface area contributed by atoms with Crippen LogP contribution in [0.2, 0.25) is 0 Å². The van der Waals surface area contributed by atoms with Gasteiger partial charge < -0.3 is 14.2 Å². The van der Waals surface area contributed by atoms with Crippen LogP contribution >= 0.6 is 0 Å². The topological polar surface area (TPSA) is 27.7 Å². The van der Waals surface area contributed by atoms with E-state index in [1.807, 2.05) is 0 Å². The van der Waals surface area contributed by atoms with Crippen LogP contribution in [0.4, 0.5) is 17.6 Å². The van der Waals surface area contributed by atoms with Crippen molar-refractivity contribution < 1.29 is 31.8 Å². The van der Waals surface area contributed by atoms with Gasteiger partial charge in [0.25, 0.3) is 5.97 Å². The fraction of sp³-hybridized carbons (Fsp3) is 0.760. The van der Waals surface area contributed by atoms with Crippen molar-refractivity contribution >= 4 is 0 Å². The highest BCUT2D eigenvalue weighted by atomic mass is 19.2. The maximum Gasteiger partial charge on any atom is 0.285 e. The molecule has 0 saturated carbocycles. The molecule has 0 spiro atoms. The summed E-state index contributed by atoms with van der Waals surface area (Å²) >= 11 is 0. The lowest BCUT2D eigenvalue weighted by Crippen LogP contribution is -2.44. The van der Waals surface area contributed by atoms with Gasteiger partial charge in [-0.3, -0.25) is 0 Å². The molecule has 1 aromatic carbocycles. The predicted molar refractivity (Wildman–Crippen MR) is 118 cm³/mol. The van der Waals surface area contributed by atoms with Gasteiger partial charge in [-0.15, -0.1) is 0 Å². The minimum Gasteiger partial charge on any atom is -0.331 e. The van der Waals surface area contributed by atoms with E-state index in [0.29, 0.717) is 6.42 Å². The molecule has 0 fully saturated rings. The molecule has 0 heterocycles. The molecule has 0 aliphatic carbocycles. The number of ether oxygens (including phenoxy) is 3. The summed E-state index contributed by atoms with van der Waals surface area (Å²) in [6.07, 6.45) is 12.3. The summed E-state index contributed by atoms with van der Waals surface area (Å²) in [4.78, 5) is 0. The van der Waals surface area contributed by atoms with E-state index < -0.39 is 29.2 Å². The summed E-state index contributed by atoms with van der Waals surface area (Å²) in [5.74, 6) is -7.16. The fourth-order valence-electron chi connectivity index (χ4n) is 4.28. The highest BCUT2D eigenvalue weighted by Crippen LogP contribution is 2.33. The molecule has 0 radical (unpaired) electrons. The minimum atomic E-state index is -1.76. The number of aryl methyl sites for hydroxylation is 1. The van der Waals surface area contributed by atoms with E-state index >= 15 is 0 Å². The van der Waals surface area contributed by atoms with Crippen LogP contribution in [0.3, 0.4) is 0 Å². The SMILES string of the molecule is CCCCCCCCC(CCCCCCc1cc(F)c(F)c(F)c1F)C(OC)(OC)OC. The zero-order valence-electron chi connectivity index (χ0n) is 20.1. The van der Waals surface area contributed by atoms with Crippen molar-refractivity contribution in [3.8, 4) is 0 Å². The normalized spacial score (nSPS) is 13.0. The zero-order valence-corrected chi connectivity index (χ0v) is 20.1. The number of hydrogen-bond donors (Lipinski definition) is 0. The van der Waals surface area contributed by atoms with Gasteiger partial charge in [-0.1, -0.05) is 64.7 Å². The van der Waals surface area contributed by atoms with Crippen molar-refractivity contribution in [2.24, 2.45) is 5.92 Å². The van der Waals surface area contributed by atoms with E-state index in [-0.39, 0.29) is 17.9 Å². The molecule has 7 heteroatoms. The van der Waals surface area contributed by atoms with Crippen LogP contribution in [0.1, 0.15) is 89.5 Å². The van der Waals surface area contributed by atoms with E-state index in [2.05, 4.69) is 6.92 Å². The molecule has 0 saturated heterocycles. The molecule has 0 aromatic heterocycles. The van der Waals surface area contributed by atoms with Crippen LogP contribution in [0.5, 0.6) is 0 Å². The van der Waals surface area contributed by atoms with E-state index in [1.165, 1.54) is 32.1 Å². The second-order valence-electron chi connectivity index (χ2n) is 8.38. The molecular weight excluding hydrogens is 424 g/mol.